The molecule has 5 aromatic rings. The van der Waals surface area contributed by atoms with Crippen molar-refractivity contribution in [2.75, 3.05) is 37.9 Å². The van der Waals surface area contributed by atoms with Crippen LogP contribution < -0.4 is 21.5 Å². The lowest BCUT2D eigenvalue weighted by atomic mass is 10.2. The molecule has 0 bridgehead atoms. The summed E-state index contributed by atoms with van der Waals surface area (Å²) in [5, 5.41) is 2.86. The predicted molar refractivity (Wildman–Crippen MR) is 165 cm³/mol. The van der Waals surface area contributed by atoms with Gasteiger partial charge < -0.3 is 20.5 Å². The van der Waals surface area contributed by atoms with Gasteiger partial charge in [-0.1, -0.05) is 18.2 Å². The number of nitrogen functional groups attached to an aromatic ring is 1. The normalized spacial score (nSPS) is 14.9. The molecule has 1 unspecified atom stereocenters. The Bertz CT molecular complexity index is 1900. The highest BCUT2D eigenvalue weighted by atomic mass is 19.1. The van der Waals surface area contributed by atoms with E-state index in [4.69, 9.17) is 15.2 Å². The zero-order chi connectivity index (χ0) is 30.6. The predicted octanol–water partition coefficient (Wildman–Crippen LogP) is 4.30. The van der Waals surface area contributed by atoms with Crippen LogP contribution >= 0.6 is 0 Å². The summed E-state index contributed by atoms with van der Waals surface area (Å²) in [6.45, 7) is 2.08. The third-order valence-corrected chi connectivity index (χ3v) is 7.34. The molecule has 1 fully saturated rings. The Morgan fingerprint density at radius 2 is 1.91 bits per heavy atom. The van der Waals surface area contributed by atoms with Crippen LogP contribution in [0.3, 0.4) is 0 Å². The molecule has 2 aromatic heterocycles. The van der Waals surface area contributed by atoms with Gasteiger partial charge in [-0.05, 0) is 68.1 Å². The maximum Gasteiger partial charge on any atom is 0.339 e. The molecule has 0 aliphatic carbocycles. The summed E-state index contributed by atoms with van der Waals surface area (Å²) in [7, 11) is 2.00. The van der Waals surface area contributed by atoms with Crippen LogP contribution in [0.2, 0.25) is 0 Å². The first-order chi connectivity index (χ1) is 21.4. The number of hydrogen-bond acceptors (Lipinski definition) is 8. The van der Waals surface area contributed by atoms with Crippen molar-refractivity contribution in [3.8, 4) is 22.9 Å². The van der Waals surface area contributed by atoms with E-state index in [-0.39, 0.29) is 11.7 Å². The van der Waals surface area contributed by atoms with Crippen molar-refractivity contribution in [2.45, 2.75) is 12.5 Å². The molecule has 1 aliphatic heterocycles. The smallest absolute Gasteiger partial charge is 0.339 e. The van der Waals surface area contributed by atoms with E-state index in [1.807, 2.05) is 13.1 Å². The Hall–Kier alpha value is -5.33. The molecule has 0 radical (unpaired) electrons. The summed E-state index contributed by atoms with van der Waals surface area (Å²) < 4.78 is 27.6. The Morgan fingerprint density at radius 1 is 1.09 bits per heavy atom. The molecule has 3 aromatic carbocycles. The first-order valence-corrected chi connectivity index (χ1v) is 14.0. The third-order valence-electron chi connectivity index (χ3n) is 7.34. The Labute approximate surface area is 252 Å². The van der Waals surface area contributed by atoms with Crippen LogP contribution in [0.1, 0.15) is 6.42 Å². The molecule has 1 amide bonds. The zero-order valence-corrected chi connectivity index (χ0v) is 23.9. The van der Waals surface area contributed by atoms with Crippen LogP contribution in [0, 0.1) is 5.82 Å². The van der Waals surface area contributed by atoms with Crippen LogP contribution in [-0.4, -0.2) is 62.8 Å². The number of fused-ring (bicyclic) bond motifs is 1. The topological polar surface area (TPSA) is 130 Å². The van der Waals surface area contributed by atoms with Gasteiger partial charge in [-0.25, -0.2) is 23.7 Å². The SMILES string of the molecule is CN(CC=CC(=O)Nc1cccc(-n2c(=O)n(-c3ccc(Oc4cccc(F)c4)cc3)c3c(N)ncnc32)c1)C1CCOC1. The molecule has 0 spiro atoms. The molecule has 44 heavy (non-hydrogen) atoms. The summed E-state index contributed by atoms with van der Waals surface area (Å²) in [4.78, 5) is 37.2. The summed E-state index contributed by atoms with van der Waals surface area (Å²) in [5.41, 5.74) is 7.91. The number of carbonyl (C=O) groups is 1. The third kappa shape index (κ3) is 6.07. The van der Waals surface area contributed by atoms with E-state index in [1.165, 1.54) is 33.7 Å². The van der Waals surface area contributed by atoms with Crippen molar-refractivity contribution < 1.29 is 18.7 Å². The molecule has 1 atom stereocenters. The average molecular weight is 596 g/mol. The molecular weight excluding hydrogens is 565 g/mol. The maximum atomic E-state index is 13.9. The number of imidazole rings is 1. The molecule has 1 aliphatic rings. The molecular formula is C32H30FN7O4. The molecule has 224 valence electrons. The number of anilines is 2. The number of nitrogens with zero attached hydrogens (tertiary/aromatic N) is 5. The monoisotopic (exact) mass is 595 g/mol. The van der Waals surface area contributed by atoms with Crippen LogP contribution in [0.15, 0.2) is 96.1 Å². The van der Waals surface area contributed by atoms with Gasteiger partial charge in [0.15, 0.2) is 11.5 Å². The van der Waals surface area contributed by atoms with Gasteiger partial charge in [0.25, 0.3) is 0 Å². The van der Waals surface area contributed by atoms with Gasteiger partial charge in [0.1, 0.15) is 29.2 Å². The van der Waals surface area contributed by atoms with Gasteiger partial charge in [-0.3, -0.25) is 14.3 Å². The standard InChI is InChI=1S/C32H30FN7O4/c1-38(25-14-16-43-19-25)15-4-9-28(41)37-22-6-3-7-24(18-22)40-31-29(30(34)35-20-36-31)39(32(40)42)23-10-12-26(13-11-23)44-27-8-2-5-21(33)17-27/h2-13,17-18,20,25H,14-16,19H2,1H3,(H,37,41)(H2,34,35,36). The number of aromatic nitrogens is 4. The number of rotatable bonds is 9. The van der Waals surface area contributed by atoms with Gasteiger partial charge in [-0.15, -0.1) is 0 Å². The number of hydrogen-bond donors (Lipinski definition) is 2. The van der Waals surface area contributed by atoms with E-state index >= 15 is 0 Å². The van der Waals surface area contributed by atoms with Crippen molar-refractivity contribution >= 4 is 28.6 Å². The summed E-state index contributed by atoms with van der Waals surface area (Å²) >= 11 is 0. The minimum absolute atomic E-state index is 0.120. The van der Waals surface area contributed by atoms with E-state index in [2.05, 4.69) is 20.2 Å². The maximum absolute atomic E-state index is 13.9. The van der Waals surface area contributed by atoms with Gasteiger partial charge in [-0.2, -0.15) is 0 Å². The number of carbonyl (C=O) groups excluding carboxylic acids is 1. The summed E-state index contributed by atoms with van der Waals surface area (Å²) in [6, 6.07) is 19.8. The van der Waals surface area contributed by atoms with Crippen molar-refractivity contribution in [2.24, 2.45) is 0 Å². The van der Waals surface area contributed by atoms with Crippen LogP contribution in [-0.2, 0) is 9.53 Å². The van der Waals surface area contributed by atoms with Gasteiger partial charge in [0.05, 0.1) is 18.0 Å². The van der Waals surface area contributed by atoms with E-state index in [9.17, 15) is 14.0 Å². The number of benzene rings is 3. The fourth-order valence-electron chi connectivity index (χ4n) is 5.10. The first kappa shape index (κ1) is 28.8. The second kappa shape index (κ2) is 12.5. The van der Waals surface area contributed by atoms with E-state index in [0.29, 0.717) is 58.9 Å². The summed E-state index contributed by atoms with van der Waals surface area (Å²) in [6.07, 6.45) is 5.57. The average Bonchev–Trinajstić information content (AvgIpc) is 3.65. The minimum Gasteiger partial charge on any atom is -0.457 e. The van der Waals surface area contributed by atoms with Crippen molar-refractivity contribution in [3.05, 3.63) is 108 Å². The quantitative estimate of drug-likeness (QED) is 0.241. The molecule has 0 saturated carbocycles. The molecule has 1 saturated heterocycles. The van der Waals surface area contributed by atoms with Crippen molar-refractivity contribution in [1.82, 2.24) is 24.0 Å². The number of halogens is 1. The molecule has 11 nitrogen and oxygen atoms in total. The second-order valence-electron chi connectivity index (χ2n) is 10.3. The molecule has 3 N–H and O–H groups in total. The summed E-state index contributed by atoms with van der Waals surface area (Å²) in [5.74, 6) is 0.220. The van der Waals surface area contributed by atoms with Crippen molar-refractivity contribution in [1.29, 1.82) is 0 Å². The number of amides is 1. The molecule has 3 heterocycles. The van der Waals surface area contributed by atoms with E-state index in [0.717, 1.165) is 13.0 Å². The fraction of sp³-hybridized carbons (Fsp3) is 0.188. The highest BCUT2D eigenvalue weighted by molar-refractivity contribution is 5.99. The van der Waals surface area contributed by atoms with Crippen LogP contribution in [0.25, 0.3) is 22.5 Å². The Morgan fingerprint density at radius 3 is 2.68 bits per heavy atom. The number of nitrogens with two attached hydrogens (primary N) is 1. The van der Waals surface area contributed by atoms with Gasteiger partial charge in [0, 0.05) is 37.0 Å². The van der Waals surface area contributed by atoms with Crippen molar-refractivity contribution in [3.63, 3.8) is 0 Å². The fourth-order valence-corrected chi connectivity index (χ4v) is 5.10. The number of ether oxygens (including phenoxy) is 2. The minimum atomic E-state index is -0.437. The zero-order valence-electron chi connectivity index (χ0n) is 23.9. The Balaban J connectivity index is 1.26. The lowest BCUT2D eigenvalue weighted by molar-refractivity contribution is -0.111. The van der Waals surface area contributed by atoms with Crippen LogP contribution in [0.5, 0.6) is 11.5 Å². The van der Waals surface area contributed by atoms with E-state index < -0.39 is 11.5 Å². The lowest BCUT2D eigenvalue weighted by Crippen LogP contribution is -2.32. The van der Waals surface area contributed by atoms with Gasteiger partial charge >= 0.3 is 5.69 Å². The highest BCUT2D eigenvalue weighted by Gasteiger charge is 2.21. The lowest BCUT2D eigenvalue weighted by Gasteiger charge is -2.20. The highest BCUT2D eigenvalue weighted by Crippen LogP contribution is 2.27. The largest absolute Gasteiger partial charge is 0.457 e. The van der Waals surface area contributed by atoms with Crippen LogP contribution in [0.4, 0.5) is 15.9 Å². The van der Waals surface area contributed by atoms with Gasteiger partial charge in [0.2, 0.25) is 5.91 Å². The second-order valence-corrected chi connectivity index (χ2v) is 10.3. The molecule has 6 rings (SSSR count). The number of nitrogens with one attached hydrogen (secondary N) is 1. The number of likely N-dealkylation sites (N-methyl/N-ethyl adjacent to an activating group) is 1. The molecule has 12 heteroatoms. The Kier molecular flexibility index (Phi) is 8.17. The first-order valence-electron chi connectivity index (χ1n) is 14.0. The van der Waals surface area contributed by atoms with E-state index in [1.54, 1.807) is 60.7 Å².